The van der Waals surface area contributed by atoms with E-state index in [1.54, 1.807) is 24.3 Å². The van der Waals surface area contributed by atoms with Crippen molar-refractivity contribution in [1.29, 1.82) is 0 Å². The molecular weight excluding hydrogens is 354 g/mol. The average molecular weight is 372 g/mol. The third kappa shape index (κ3) is 4.40. The molecular formula is C19H18ClN3O3. The molecule has 6 nitrogen and oxygen atoms in total. The SMILES string of the molecule is CC1CC(=O)NN=C1c1ccc(NC(=O)OCc2ccccc2Cl)cc1. The van der Waals surface area contributed by atoms with Gasteiger partial charge in [0.1, 0.15) is 6.61 Å². The first-order valence-corrected chi connectivity index (χ1v) is 8.55. The molecule has 0 radical (unpaired) electrons. The molecule has 0 bridgehead atoms. The number of amides is 2. The Morgan fingerprint density at radius 3 is 2.69 bits per heavy atom. The van der Waals surface area contributed by atoms with Gasteiger partial charge in [-0.15, -0.1) is 0 Å². The summed E-state index contributed by atoms with van der Waals surface area (Å²) in [5.74, 6) is -0.0380. The normalized spacial score (nSPS) is 16.5. The lowest BCUT2D eigenvalue weighted by Crippen LogP contribution is -2.31. The zero-order chi connectivity index (χ0) is 18.5. The molecule has 0 saturated carbocycles. The highest BCUT2D eigenvalue weighted by molar-refractivity contribution is 6.31. The van der Waals surface area contributed by atoms with Crippen molar-refractivity contribution in [3.05, 3.63) is 64.7 Å². The number of hydrogen-bond donors (Lipinski definition) is 2. The highest BCUT2D eigenvalue weighted by atomic mass is 35.5. The Morgan fingerprint density at radius 1 is 1.27 bits per heavy atom. The van der Waals surface area contributed by atoms with Gasteiger partial charge in [-0.05, 0) is 23.8 Å². The van der Waals surface area contributed by atoms with E-state index in [0.29, 0.717) is 17.1 Å². The van der Waals surface area contributed by atoms with E-state index in [1.165, 1.54) is 0 Å². The van der Waals surface area contributed by atoms with Gasteiger partial charge in [0, 0.05) is 28.6 Å². The summed E-state index contributed by atoms with van der Waals surface area (Å²) in [7, 11) is 0. The highest BCUT2D eigenvalue weighted by Crippen LogP contribution is 2.19. The zero-order valence-corrected chi connectivity index (χ0v) is 14.9. The Labute approximate surface area is 156 Å². The maximum Gasteiger partial charge on any atom is 0.411 e. The van der Waals surface area contributed by atoms with Gasteiger partial charge in [-0.25, -0.2) is 10.2 Å². The summed E-state index contributed by atoms with van der Waals surface area (Å²) >= 11 is 6.03. The van der Waals surface area contributed by atoms with Crippen LogP contribution in [0.5, 0.6) is 0 Å². The van der Waals surface area contributed by atoms with E-state index in [-0.39, 0.29) is 18.4 Å². The fourth-order valence-electron chi connectivity index (χ4n) is 2.64. The lowest BCUT2D eigenvalue weighted by atomic mass is 9.94. The molecule has 134 valence electrons. The van der Waals surface area contributed by atoms with Gasteiger partial charge in [0.2, 0.25) is 5.91 Å². The summed E-state index contributed by atoms with van der Waals surface area (Å²) in [6, 6.07) is 14.4. The summed E-state index contributed by atoms with van der Waals surface area (Å²) in [5.41, 5.74) is 5.55. The lowest BCUT2D eigenvalue weighted by molar-refractivity contribution is -0.121. The molecule has 1 aliphatic heterocycles. The lowest BCUT2D eigenvalue weighted by Gasteiger charge is -2.19. The van der Waals surface area contributed by atoms with Gasteiger partial charge in [0.15, 0.2) is 0 Å². The zero-order valence-electron chi connectivity index (χ0n) is 14.2. The van der Waals surface area contributed by atoms with Gasteiger partial charge < -0.3 is 4.74 Å². The molecule has 0 aromatic heterocycles. The van der Waals surface area contributed by atoms with Crippen molar-refractivity contribution in [1.82, 2.24) is 5.43 Å². The van der Waals surface area contributed by atoms with Crippen LogP contribution in [0.25, 0.3) is 0 Å². The average Bonchev–Trinajstić information content (AvgIpc) is 2.62. The second-order valence-electron chi connectivity index (χ2n) is 6.01. The number of rotatable bonds is 4. The van der Waals surface area contributed by atoms with E-state index in [4.69, 9.17) is 16.3 Å². The number of hydrogen-bond acceptors (Lipinski definition) is 4. The number of ether oxygens (including phenoxy) is 1. The molecule has 1 atom stereocenters. The van der Waals surface area contributed by atoms with E-state index in [0.717, 1.165) is 16.8 Å². The van der Waals surface area contributed by atoms with Crippen LogP contribution in [-0.2, 0) is 16.1 Å². The molecule has 1 unspecified atom stereocenters. The molecule has 1 aliphatic rings. The van der Waals surface area contributed by atoms with E-state index < -0.39 is 6.09 Å². The summed E-state index contributed by atoms with van der Waals surface area (Å²) < 4.78 is 5.18. The minimum absolute atomic E-state index is 0.0446. The topological polar surface area (TPSA) is 79.8 Å². The Balaban J connectivity index is 1.58. The van der Waals surface area contributed by atoms with E-state index >= 15 is 0 Å². The first kappa shape index (κ1) is 17.9. The third-order valence-electron chi connectivity index (χ3n) is 4.00. The van der Waals surface area contributed by atoms with Crippen LogP contribution >= 0.6 is 11.6 Å². The van der Waals surface area contributed by atoms with Gasteiger partial charge in [0.25, 0.3) is 0 Å². The summed E-state index contributed by atoms with van der Waals surface area (Å²) in [6.45, 7) is 2.05. The van der Waals surface area contributed by atoms with Gasteiger partial charge in [-0.1, -0.05) is 48.9 Å². The first-order valence-electron chi connectivity index (χ1n) is 8.17. The molecule has 26 heavy (non-hydrogen) atoms. The predicted molar refractivity (Wildman–Crippen MR) is 100 cm³/mol. The Bertz CT molecular complexity index is 849. The largest absolute Gasteiger partial charge is 0.444 e. The maximum absolute atomic E-state index is 11.9. The first-order chi connectivity index (χ1) is 12.5. The van der Waals surface area contributed by atoms with Crippen molar-refractivity contribution in [2.75, 3.05) is 5.32 Å². The molecule has 0 aliphatic carbocycles. The number of nitrogens with zero attached hydrogens (tertiary/aromatic N) is 1. The van der Waals surface area contributed by atoms with Crippen molar-refractivity contribution >= 4 is 35.0 Å². The van der Waals surface area contributed by atoms with Gasteiger partial charge in [-0.2, -0.15) is 5.10 Å². The molecule has 0 saturated heterocycles. The van der Waals surface area contributed by atoms with Crippen molar-refractivity contribution in [3.8, 4) is 0 Å². The number of carbonyl (C=O) groups is 2. The minimum Gasteiger partial charge on any atom is -0.444 e. The number of nitrogens with one attached hydrogen (secondary N) is 2. The van der Waals surface area contributed by atoms with Gasteiger partial charge >= 0.3 is 6.09 Å². The molecule has 1 heterocycles. The van der Waals surface area contributed by atoms with Gasteiger partial charge in [0.05, 0.1) is 5.71 Å². The summed E-state index contributed by atoms with van der Waals surface area (Å²) in [4.78, 5) is 23.2. The number of anilines is 1. The molecule has 2 N–H and O–H groups in total. The summed E-state index contributed by atoms with van der Waals surface area (Å²) in [6.07, 6.45) is -0.152. The van der Waals surface area contributed by atoms with E-state index in [1.807, 2.05) is 31.2 Å². The standard InChI is InChI=1S/C19H18ClN3O3/c1-12-10-17(24)22-23-18(12)13-6-8-15(9-7-13)21-19(25)26-11-14-4-2-3-5-16(14)20/h2-9,12H,10-11H2,1H3,(H,21,25)(H,22,24). The monoisotopic (exact) mass is 371 g/mol. The quantitative estimate of drug-likeness (QED) is 0.854. The molecule has 2 aromatic rings. The second-order valence-corrected chi connectivity index (χ2v) is 6.41. The Hall–Kier alpha value is -2.86. The second kappa shape index (κ2) is 8.01. The number of hydrazone groups is 1. The molecule has 7 heteroatoms. The smallest absolute Gasteiger partial charge is 0.411 e. The highest BCUT2D eigenvalue weighted by Gasteiger charge is 2.21. The van der Waals surface area contributed by atoms with Crippen molar-refractivity contribution < 1.29 is 14.3 Å². The van der Waals surface area contributed by atoms with E-state index in [9.17, 15) is 9.59 Å². The van der Waals surface area contributed by atoms with Gasteiger partial charge in [-0.3, -0.25) is 10.1 Å². The predicted octanol–water partition coefficient (Wildman–Crippen LogP) is 3.95. The van der Waals surface area contributed by atoms with Crippen molar-refractivity contribution in [3.63, 3.8) is 0 Å². The molecule has 3 rings (SSSR count). The maximum atomic E-state index is 11.9. The molecule has 0 fully saturated rings. The Kier molecular flexibility index (Phi) is 5.53. The van der Waals surface area contributed by atoms with Crippen molar-refractivity contribution in [2.24, 2.45) is 11.0 Å². The number of halogens is 1. The van der Waals surface area contributed by atoms with Crippen molar-refractivity contribution in [2.45, 2.75) is 20.0 Å². The molecule has 0 spiro atoms. The summed E-state index contributed by atoms with van der Waals surface area (Å²) in [5, 5.41) is 7.34. The Morgan fingerprint density at radius 2 is 2.00 bits per heavy atom. The van der Waals surface area contributed by atoms with Crippen LogP contribution < -0.4 is 10.7 Å². The van der Waals surface area contributed by atoms with E-state index in [2.05, 4.69) is 15.8 Å². The van der Waals surface area contributed by atoms with Crippen LogP contribution in [0.2, 0.25) is 5.02 Å². The van der Waals surface area contributed by atoms with Crippen LogP contribution in [0.1, 0.15) is 24.5 Å². The van der Waals surface area contributed by atoms with Crippen LogP contribution in [0, 0.1) is 5.92 Å². The van der Waals surface area contributed by atoms with Crippen LogP contribution in [-0.4, -0.2) is 17.7 Å². The van der Waals surface area contributed by atoms with Crippen LogP contribution in [0.15, 0.2) is 53.6 Å². The fraction of sp³-hybridized carbons (Fsp3) is 0.211. The third-order valence-corrected chi connectivity index (χ3v) is 4.37. The fourth-order valence-corrected chi connectivity index (χ4v) is 2.83. The number of carbonyl (C=O) groups excluding carboxylic acids is 2. The molecule has 2 aromatic carbocycles. The van der Waals surface area contributed by atoms with Crippen LogP contribution in [0.3, 0.4) is 0 Å². The minimum atomic E-state index is -0.562. The molecule has 2 amide bonds. The van der Waals surface area contributed by atoms with Crippen LogP contribution in [0.4, 0.5) is 10.5 Å². The number of benzene rings is 2.